The molecule has 1 heterocycles. The van der Waals surface area contributed by atoms with Crippen LogP contribution in [-0.2, 0) is 0 Å². The third-order valence-electron chi connectivity index (χ3n) is 2.54. The Labute approximate surface area is 118 Å². The van der Waals surface area contributed by atoms with Crippen LogP contribution in [0.25, 0.3) is 0 Å². The van der Waals surface area contributed by atoms with Crippen molar-refractivity contribution in [3.05, 3.63) is 30.4 Å². The molecule has 0 atom stereocenters. The minimum absolute atomic E-state index is 0.260. The molecular weight excluding hydrogens is 258 g/mol. The van der Waals surface area contributed by atoms with Gasteiger partial charge in [-0.2, -0.15) is 0 Å². The highest BCUT2D eigenvalue weighted by Gasteiger charge is 2.13. The van der Waals surface area contributed by atoms with E-state index >= 15 is 0 Å². The molecule has 1 aromatic rings. The van der Waals surface area contributed by atoms with E-state index in [-0.39, 0.29) is 6.79 Å². The first kappa shape index (κ1) is 14.0. The van der Waals surface area contributed by atoms with E-state index in [2.05, 4.69) is 16.9 Å². The highest BCUT2D eigenvalue weighted by Crippen LogP contribution is 2.34. The fourth-order valence-corrected chi connectivity index (χ4v) is 1.59. The van der Waals surface area contributed by atoms with Gasteiger partial charge in [-0.1, -0.05) is 12.2 Å². The number of hydrogen-bond acceptors (Lipinski definition) is 4. The summed E-state index contributed by atoms with van der Waals surface area (Å²) >= 11 is 0. The van der Waals surface area contributed by atoms with Crippen molar-refractivity contribution in [3.63, 3.8) is 0 Å². The molecule has 1 aliphatic heterocycles. The zero-order valence-electron chi connectivity index (χ0n) is 11.5. The van der Waals surface area contributed by atoms with Gasteiger partial charge in [0, 0.05) is 6.07 Å². The predicted molar refractivity (Wildman–Crippen MR) is 77.4 cm³/mol. The quantitative estimate of drug-likeness (QED) is 0.354. The number of benzene rings is 1. The summed E-state index contributed by atoms with van der Waals surface area (Å²) in [6.07, 6.45) is 0. The van der Waals surface area contributed by atoms with E-state index in [1.807, 2.05) is 19.1 Å². The van der Waals surface area contributed by atoms with Gasteiger partial charge in [0.05, 0.1) is 13.1 Å². The summed E-state index contributed by atoms with van der Waals surface area (Å²) in [5.41, 5.74) is 6.65. The van der Waals surface area contributed by atoms with Crippen LogP contribution in [0.15, 0.2) is 35.3 Å². The Kier molecular flexibility index (Phi) is 4.70. The largest absolute Gasteiger partial charge is 0.492 e. The first-order valence-electron chi connectivity index (χ1n) is 6.36. The lowest BCUT2D eigenvalue weighted by Crippen LogP contribution is -2.34. The number of aliphatic imine (C=N–C) groups is 1. The van der Waals surface area contributed by atoms with Crippen LogP contribution in [0.3, 0.4) is 0 Å². The number of nitrogens with one attached hydrogen (secondary N) is 1. The van der Waals surface area contributed by atoms with E-state index in [0.717, 1.165) is 17.1 Å². The van der Waals surface area contributed by atoms with Crippen molar-refractivity contribution in [2.75, 3.05) is 26.5 Å². The summed E-state index contributed by atoms with van der Waals surface area (Å²) in [6.45, 7) is 7.49. The van der Waals surface area contributed by atoms with Gasteiger partial charge in [0.2, 0.25) is 6.79 Å². The van der Waals surface area contributed by atoms with Crippen LogP contribution in [0, 0.1) is 0 Å². The smallest absolute Gasteiger partial charge is 0.231 e. The molecule has 1 aromatic carbocycles. The minimum atomic E-state index is 0.260. The second kappa shape index (κ2) is 6.70. The number of fused-ring (bicyclic) bond motifs is 1. The normalized spacial score (nSPS) is 13.2. The van der Waals surface area contributed by atoms with Crippen LogP contribution in [-0.4, -0.2) is 32.4 Å². The maximum absolute atomic E-state index is 5.68. The molecule has 0 radical (unpaired) electrons. The first-order chi connectivity index (χ1) is 9.65. The van der Waals surface area contributed by atoms with Gasteiger partial charge in [-0.25, -0.2) is 4.99 Å². The third-order valence-corrected chi connectivity index (χ3v) is 2.54. The topological polar surface area (TPSA) is 78.1 Å². The molecule has 1 aliphatic rings. The molecule has 6 nitrogen and oxygen atoms in total. The monoisotopic (exact) mass is 277 g/mol. The molecule has 0 bridgehead atoms. The molecule has 0 aromatic heterocycles. The minimum Gasteiger partial charge on any atom is -0.492 e. The van der Waals surface area contributed by atoms with Gasteiger partial charge in [-0.3, -0.25) is 0 Å². The molecule has 0 fully saturated rings. The van der Waals surface area contributed by atoms with Crippen LogP contribution in [0.5, 0.6) is 17.2 Å². The Morgan fingerprint density at radius 3 is 3.05 bits per heavy atom. The summed E-state index contributed by atoms with van der Waals surface area (Å²) in [5, 5.41) is 2.97. The van der Waals surface area contributed by atoms with Crippen molar-refractivity contribution in [1.29, 1.82) is 0 Å². The number of ether oxygens (including phenoxy) is 3. The fraction of sp³-hybridized carbons (Fsp3) is 0.357. The van der Waals surface area contributed by atoms with E-state index in [1.165, 1.54) is 0 Å². The van der Waals surface area contributed by atoms with Gasteiger partial charge in [-0.15, -0.1) is 0 Å². The van der Waals surface area contributed by atoms with E-state index in [9.17, 15) is 0 Å². The van der Waals surface area contributed by atoms with E-state index < -0.39 is 0 Å². The number of guanidine groups is 1. The highest BCUT2D eigenvalue weighted by atomic mass is 16.7. The van der Waals surface area contributed by atoms with Crippen molar-refractivity contribution in [3.8, 4) is 17.2 Å². The van der Waals surface area contributed by atoms with Crippen LogP contribution < -0.4 is 25.3 Å². The SMILES string of the molecule is C=C(C)CN=C(N)NCCOc1ccc2c(c1)OCO2. The number of hydrogen-bond donors (Lipinski definition) is 2. The lowest BCUT2D eigenvalue weighted by molar-refractivity contribution is 0.173. The number of rotatable bonds is 6. The summed E-state index contributed by atoms with van der Waals surface area (Å²) in [5.74, 6) is 2.57. The molecule has 6 heteroatoms. The third kappa shape index (κ3) is 4.08. The highest BCUT2D eigenvalue weighted by molar-refractivity contribution is 5.77. The Morgan fingerprint density at radius 2 is 2.25 bits per heavy atom. The molecule has 0 amide bonds. The van der Waals surface area contributed by atoms with E-state index in [0.29, 0.717) is 31.4 Å². The zero-order chi connectivity index (χ0) is 14.4. The molecule has 0 unspecified atom stereocenters. The van der Waals surface area contributed by atoms with E-state index in [4.69, 9.17) is 19.9 Å². The molecular formula is C14H19N3O3. The van der Waals surface area contributed by atoms with Gasteiger partial charge < -0.3 is 25.3 Å². The van der Waals surface area contributed by atoms with Gasteiger partial charge in [-0.05, 0) is 19.1 Å². The standard InChI is InChI=1S/C14H19N3O3/c1-10(2)8-17-14(15)16-5-6-18-11-3-4-12-13(7-11)20-9-19-12/h3-4,7H,1,5-6,8-9H2,2H3,(H3,15,16,17). The summed E-state index contributed by atoms with van der Waals surface area (Å²) in [6, 6.07) is 5.47. The second-order valence-corrected chi connectivity index (χ2v) is 4.45. The summed E-state index contributed by atoms with van der Waals surface area (Å²) in [7, 11) is 0. The van der Waals surface area contributed by atoms with E-state index in [1.54, 1.807) is 6.07 Å². The second-order valence-electron chi connectivity index (χ2n) is 4.45. The molecule has 108 valence electrons. The lowest BCUT2D eigenvalue weighted by atomic mass is 10.3. The summed E-state index contributed by atoms with van der Waals surface area (Å²) < 4.78 is 16.1. The Balaban J connectivity index is 1.71. The fourth-order valence-electron chi connectivity index (χ4n) is 1.59. The molecule has 0 spiro atoms. The van der Waals surface area contributed by atoms with Gasteiger partial charge in [0.1, 0.15) is 12.4 Å². The van der Waals surface area contributed by atoms with Gasteiger partial charge in [0.15, 0.2) is 17.5 Å². The first-order valence-corrected chi connectivity index (χ1v) is 6.36. The van der Waals surface area contributed by atoms with Crippen molar-refractivity contribution >= 4 is 5.96 Å². The number of nitrogens with two attached hydrogens (primary N) is 1. The van der Waals surface area contributed by atoms with Crippen molar-refractivity contribution in [1.82, 2.24) is 5.32 Å². The molecule has 0 saturated carbocycles. The lowest BCUT2D eigenvalue weighted by Gasteiger charge is -2.08. The zero-order valence-corrected chi connectivity index (χ0v) is 11.5. The molecule has 3 N–H and O–H groups in total. The molecule has 0 aliphatic carbocycles. The van der Waals surface area contributed by atoms with Crippen molar-refractivity contribution < 1.29 is 14.2 Å². The maximum Gasteiger partial charge on any atom is 0.231 e. The average Bonchev–Trinajstić information content (AvgIpc) is 2.88. The van der Waals surface area contributed by atoms with Crippen molar-refractivity contribution in [2.45, 2.75) is 6.92 Å². The van der Waals surface area contributed by atoms with Crippen LogP contribution in [0.1, 0.15) is 6.92 Å². The number of nitrogens with zero attached hydrogens (tertiary/aromatic N) is 1. The molecule has 0 saturated heterocycles. The Bertz CT molecular complexity index is 514. The summed E-state index contributed by atoms with van der Waals surface area (Å²) in [4.78, 5) is 4.11. The Hall–Kier alpha value is -2.37. The molecule has 20 heavy (non-hydrogen) atoms. The van der Waals surface area contributed by atoms with Crippen LogP contribution in [0.2, 0.25) is 0 Å². The van der Waals surface area contributed by atoms with Crippen LogP contribution in [0.4, 0.5) is 0 Å². The van der Waals surface area contributed by atoms with Gasteiger partial charge in [0.25, 0.3) is 0 Å². The molecule has 2 rings (SSSR count). The average molecular weight is 277 g/mol. The van der Waals surface area contributed by atoms with Crippen molar-refractivity contribution in [2.24, 2.45) is 10.7 Å². The Morgan fingerprint density at radius 1 is 1.45 bits per heavy atom. The van der Waals surface area contributed by atoms with Crippen LogP contribution >= 0.6 is 0 Å². The maximum atomic E-state index is 5.68. The van der Waals surface area contributed by atoms with Gasteiger partial charge >= 0.3 is 0 Å². The predicted octanol–water partition coefficient (Wildman–Crippen LogP) is 1.27.